The van der Waals surface area contributed by atoms with Gasteiger partial charge in [0.25, 0.3) is 6.47 Å². The lowest BCUT2D eigenvalue weighted by molar-refractivity contribution is -0.130. The van der Waals surface area contributed by atoms with Crippen LogP contribution in [0.25, 0.3) is 0 Å². The summed E-state index contributed by atoms with van der Waals surface area (Å²) in [5.74, 6) is 0. The van der Waals surface area contributed by atoms with Gasteiger partial charge in [-0.2, -0.15) is 0 Å². The molecule has 11 heavy (non-hydrogen) atoms. The zero-order valence-corrected chi connectivity index (χ0v) is 6.23. The average molecular weight is 160 g/mol. The largest absolute Gasteiger partial charge is 0.465 e. The van der Waals surface area contributed by atoms with Crippen molar-refractivity contribution in [2.24, 2.45) is 0 Å². The summed E-state index contributed by atoms with van der Waals surface area (Å²) in [6.45, 7) is 1.49. The van der Waals surface area contributed by atoms with Crippen molar-refractivity contribution in [1.82, 2.24) is 0 Å². The second kappa shape index (κ2) is 9.13. The highest BCUT2D eigenvalue weighted by Crippen LogP contribution is 1.77. The molecule has 4 heteroatoms. The summed E-state index contributed by atoms with van der Waals surface area (Å²) in [6.07, 6.45) is 3.28. The first-order valence-corrected chi connectivity index (χ1v) is 3.30. The molecule has 0 bridgehead atoms. The Morgan fingerprint density at radius 1 is 1.27 bits per heavy atom. The van der Waals surface area contributed by atoms with Gasteiger partial charge < -0.3 is 14.6 Å². The maximum absolute atomic E-state index is 9.62. The molecule has 0 aromatic carbocycles. The highest BCUT2D eigenvalue weighted by Gasteiger charge is 1.83. The lowest BCUT2D eigenvalue weighted by atomic mass is 10.5. The Morgan fingerprint density at radius 2 is 2.09 bits per heavy atom. The first-order valence-electron chi connectivity index (χ1n) is 3.30. The van der Waals surface area contributed by atoms with Crippen molar-refractivity contribution in [3.8, 4) is 0 Å². The quantitative estimate of drug-likeness (QED) is 0.316. The van der Waals surface area contributed by atoms with Gasteiger partial charge in [-0.3, -0.25) is 4.79 Å². The van der Waals surface area contributed by atoms with Crippen molar-refractivity contribution in [3.05, 3.63) is 12.2 Å². The minimum absolute atomic E-state index is 0.0220. The Bertz CT molecular complexity index is 111. The fourth-order valence-electron chi connectivity index (χ4n) is 0.449. The molecule has 0 aliphatic carbocycles. The number of rotatable bonds is 7. The number of hydrogen-bond donors (Lipinski definition) is 1. The number of carbonyl (C=O) groups excluding carboxylic acids is 1. The van der Waals surface area contributed by atoms with Gasteiger partial charge in [0.15, 0.2) is 0 Å². The molecule has 0 fully saturated rings. The summed E-state index contributed by atoms with van der Waals surface area (Å²) in [7, 11) is 0. The summed E-state index contributed by atoms with van der Waals surface area (Å²) in [5, 5.41) is 8.29. The van der Waals surface area contributed by atoms with Gasteiger partial charge in [-0.15, -0.1) is 0 Å². The fraction of sp³-hybridized carbons (Fsp3) is 0.571. The van der Waals surface area contributed by atoms with Crippen LogP contribution in [0.2, 0.25) is 0 Å². The predicted molar refractivity (Wildman–Crippen MR) is 39.1 cm³/mol. The third-order valence-electron chi connectivity index (χ3n) is 0.900. The van der Waals surface area contributed by atoms with Crippen molar-refractivity contribution >= 4 is 6.47 Å². The van der Waals surface area contributed by atoms with Gasteiger partial charge in [0.2, 0.25) is 0 Å². The van der Waals surface area contributed by atoms with Crippen molar-refractivity contribution < 1.29 is 19.4 Å². The number of hydrogen-bond acceptors (Lipinski definition) is 4. The Morgan fingerprint density at radius 3 is 2.73 bits per heavy atom. The summed E-state index contributed by atoms with van der Waals surface area (Å²) in [5.41, 5.74) is 0. The van der Waals surface area contributed by atoms with Crippen LogP contribution in [-0.2, 0) is 14.3 Å². The molecule has 0 saturated carbocycles. The average Bonchev–Trinajstić information content (AvgIpc) is 2.03. The van der Waals surface area contributed by atoms with Gasteiger partial charge in [-0.1, -0.05) is 12.2 Å². The van der Waals surface area contributed by atoms with Crippen LogP contribution in [0, 0.1) is 0 Å². The zero-order valence-electron chi connectivity index (χ0n) is 6.23. The molecule has 0 aromatic rings. The van der Waals surface area contributed by atoms with E-state index in [2.05, 4.69) is 4.74 Å². The Balaban J connectivity index is 2.90. The molecular formula is C7H12O4. The van der Waals surface area contributed by atoms with Crippen LogP contribution in [0.15, 0.2) is 12.2 Å². The zero-order chi connectivity index (χ0) is 8.36. The maximum atomic E-state index is 9.62. The van der Waals surface area contributed by atoms with Crippen molar-refractivity contribution in [2.45, 2.75) is 0 Å². The molecule has 0 rings (SSSR count). The van der Waals surface area contributed by atoms with Crippen LogP contribution < -0.4 is 0 Å². The molecule has 4 nitrogen and oxygen atoms in total. The van der Waals surface area contributed by atoms with Crippen LogP contribution in [0.5, 0.6) is 0 Å². The van der Waals surface area contributed by atoms with E-state index in [1.165, 1.54) is 0 Å². The standard InChI is InChI=1S/C7H12O4/c8-3-1-2-4-10-5-6-11-7-9/h1-2,7-8H,3-6H2/b2-1-. The third kappa shape index (κ3) is 9.13. The molecule has 0 amide bonds. The van der Waals surface area contributed by atoms with E-state index in [0.29, 0.717) is 19.7 Å². The topological polar surface area (TPSA) is 55.8 Å². The number of aliphatic hydroxyl groups excluding tert-OH is 1. The molecule has 0 heterocycles. The van der Waals surface area contributed by atoms with Gasteiger partial charge >= 0.3 is 0 Å². The van der Waals surface area contributed by atoms with Crippen LogP contribution in [0.3, 0.4) is 0 Å². The summed E-state index contributed by atoms with van der Waals surface area (Å²) in [6, 6.07) is 0. The molecule has 0 aliphatic heterocycles. The van der Waals surface area contributed by atoms with E-state index in [1.54, 1.807) is 12.2 Å². The Labute approximate surface area is 65.4 Å². The lowest BCUT2D eigenvalue weighted by Crippen LogP contribution is -2.02. The molecule has 0 aliphatic rings. The molecule has 0 atom stereocenters. The Kier molecular flexibility index (Phi) is 8.41. The normalized spacial score (nSPS) is 10.3. The van der Waals surface area contributed by atoms with Crippen LogP contribution in [0.4, 0.5) is 0 Å². The molecule has 0 aromatic heterocycles. The van der Waals surface area contributed by atoms with Crippen molar-refractivity contribution in [1.29, 1.82) is 0 Å². The molecule has 64 valence electrons. The van der Waals surface area contributed by atoms with E-state index in [1.807, 2.05) is 0 Å². The maximum Gasteiger partial charge on any atom is 0.293 e. The van der Waals surface area contributed by atoms with Gasteiger partial charge in [0, 0.05) is 0 Å². The molecule has 0 radical (unpaired) electrons. The van der Waals surface area contributed by atoms with E-state index in [-0.39, 0.29) is 13.2 Å². The molecule has 0 unspecified atom stereocenters. The monoisotopic (exact) mass is 160 g/mol. The van der Waals surface area contributed by atoms with Gasteiger partial charge in [0.05, 0.1) is 19.8 Å². The smallest absolute Gasteiger partial charge is 0.293 e. The molecular weight excluding hydrogens is 148 g/mol. The van der Waals surface area contributed by atoms with Crippen LogP contribution in [0.1, 0.15) is 0 Å². The molecule has 1 N–H and O–H groups in total. The third-order valence-corrected chi connectivity index (χ3v) is 0.900. The highest BCUT2D eigenvalue weighted by molar-refractivity contribution is 5.36. The van der Waals surface area contributed by atoms with Crippen LogP contribution >= 0.6 is 0 Å². The second-order valence-electron chi connectivity index (χ2n) is 1.70. The lowest BCUT2D eigenvalue weighted by Gasteiger charge is -1.97. The van der Waals surface area contributed by atoms with E-state index in [9.17, 15) is 4.79 Å². The first-order chi connectivity index (χ1) is 5.41. The number of aliphatic hydroxyl groups is 1. The predicted octanol–water partition coefficient (Wildman–Crippen LogP) is -0.275. The van der Waals surface area contributed by atoms with Gasteiger partial charge in [-0.25, -0.2) is 0 Å². The minimum Gasteiger partial charge on any atom is -0.465 e. The summed E-state index contributed by atoms with van der Waals surface area (Å²) < 4.78 is 9.32. The van der Waals surface area contributed by atoms with E-state index >= 15 is 0 Å². The first kappa shape index (κ1) is 10.1. The van der Waals surface area contributed by atoms with Gasteiger partial charge in [-0.05, 0) is 0 Å². The highest BCUT2D eigenvalue weighted by atomic mass is 16.5. The minimum atomic E-state index is 0.0220. The van der Waals surface area contributed by atoms with Crippen LogP contribution in [-0.4, -0.2) is 38.0 Å². The van der Waals surface area contributed by atoms with Crippen molar-refractivity contribution in [2.75, 3.05) is 26.4 Å². The summed E-state index contributed by atoms with van der Waals surface area (Å²) in [4.78, 5) is 9.62. The molecule has 0 saturated heterocycles. The van der Waals surface area contributed by atoms with E-state index in [4.69, 9.17) is 9.84 Å². The number of carbonyl (C=O) groups is 1. The van der Waals surface area contributed by atoms with Gasteiger partial charge in [0.1, 0.15) is 6.61 Å². The van der Waals surface area contributed by atoms with E-state index in [0.717, 1.165) is 0 Å². The molecule has 0 spiro atoms. The van der Waals surface area contributed by atoms with E-state index < -0.39 is 0 Å². The summed E-state index contributed by atoms with van der Waals surface area (Å²) >= 11 is 0. The fourth-order valence-corrected chi connectivity index (χ4v) is 0.449. The SMILES string of the molecule is O=COCCOC/C=C\CO. The Hall–Kier alpha value is -0.870. The second-order valence-corrected chi connectivity index (χ2v) is 1.70. The van der Waals surface area contributed by atoms with Crippen molar-refractivity contribution in [3.63, 3.8) is 0 Å². The number of ether oxygens (including phenoxy) is 2.